The molecule has 0 bridgehead atoms. The number of amides is 1. The average molecular weight is 336 g/mol. The Labute approximate surface area is 144 Å². The van der Waals surface area contributed by atoms with E-state index in [1.165, 1.54) is 4.90 Å². The van der Waals surface area contributed by atoms with Crippen LogP contribution in [0.5, 0.6) is 0 Å². The number of benzene rings is 1. The number of anilines is 1. The lowest BCUT2D eigenvalue weighted by Crippen LogP contribution is -2.34. The predicted octanol–water partition coefficient (Wildman–Crippen LogP) is 2.36. The number of carbonyl (C=O) groups is 1. The van der Waals surface area contributed by atoms with Crippen molar-refractivity contribution in [1.82, 2.24) is 15.0 Å². The minimum absolute atomic E-state index is 0.0455. The number of aromatic nitrogens is 3. The van der Waals surface area contributed by atoms with Gasteiger partial charge in [0.25, 0.3) is 5.91 Å². The highest BCUT2D eigenvalue weighted by molar-refractivity contribution is 6.07. The zero-order chi connectivity index (χ0) is 17.6. The number of imidazole rings is 1. The lowest BCUT2D eigenvalue weighted by Gasteiger charge is -2.22. The van der Waals surface area contributed by atoms with Crippen molar-refractivity contribution in [2.45, 2.75) is 6.92 Å². The van der Waals surface area contributed by atoms with Crippen LogP contribution in [0.15, 0.2) is 54.7 Å². The van der Waals surface area contributed by atoms with Crippen LogP contribution in [0, 0.1) is 0 Å². The third-order valence-corrected chi connectivity index (χ3v) is 3.57. The van der Waals surface area contributed by atoms with E-state index < -0.39 is 0 Å². The van der Waals surface area contributed by atoms with Crippen LogP contribution in [0.3, 0.4) is 0 Å². The van der Waals surface area contributed by atoms with Crippen molar-refractivity contribution < 1.29 is 14.3 Å². The zero-order valence-corrected chi connectivity index (χ0v) is 13.6. The van der Waals surface area contributed by atoms with E-state index in [2.05, 4.69) is 15.0 Å². The molecule has 0 saturated carbocycles. The highest BCUT2D eigenvalue weighted by Gasteiger charge is 2.21. The molecular weight excluding hydrogens is 320 g/mol. The van der Waals surface area contributed by atoms with Gasteiger partial charge in [0.05, 0.1) is 30.5 Å². The summed E-state index contributed by atoms with van der Waals surface area (Å²) in [6.07, 6.45) is 3.15. The van der Waals surface area contributed by atoms with Gasteiger partial charge in [-0.3, -0.25) is 9.69 Å². The summed E-state index contributed by atoms with van der Waals surface area (Å²) < 4.78 is 5.24. The maximum absolute atomic E-state index is 13.0. The Balaban J connectivity index is 1.97. The third kappa shape index (κ3) is 3.57. The number of aromatic amines is 1. The lowest BCUT2D eigenvalue weighted by atomic mass is 10.1. The number of nitrogens with zero attached hydrogens (tertiary/aromatic N) is 3. The molecule has 0 atom stereocenters. The number of rotatable bonds is 6. The minimum atomic E-state index is -0.303. The number of carbonyl (C=O) groups excluding carboxylic acids is 2. The summed E-state index contributed by atoms with van der Waals surface area (Å²) in [7, 11) is 0. The fourth-order valence-corrected chi connectivity index (χ4v) is 2.42. The van der Waals surface area contributed by atoms with E-state index in [0.29, 0.717) is 18.0 Å². The molecule has 1 amide bonds. The number of nitrogens with one attached hydrogen (secondary N) is 1. The summed E-state index contributed by atoms with van der Waals surface area (Å²) >= 11 is 0. The number of H-pyrrole nitrogens is 1. The molecule has 1 N–H and O–H groups in total. The van der Waals surface area contributed by atoms with Gasteiger partial charge in [-0.05, 0) is 37.3 Å². The Morgan fingerprint density at radius 2 is 2.16 bits per heavy atom. The molecule has 2 heterocycles. The van der Waals surface area contributed by atoms with Gasteiger partial charge in [0.15, 0.2) is 11.7 Å². The van der Waals surface area contributed by atoms with E-state index >= 15 is 0 Å². The van der Waals surface area contributed by atoms with Gasteiger partial charge in [0, 0.05) is 11.8 Å². The van der Waals surface area contributed by atoms with E-state index in [1.54, 1.807) is 61.8 Å². The number of hydrogen-bond donors (Lipinski definition) is 1. The first-order chi connectivity index (χ1) is 12.2. The van der Waals surface area contributed by atoms with Gasteiger partial charge < -0.3 is 9.72 Å². The Morgan fingerprint density at radius 1 is 1.28 bits per heavy atom. The standard InChI is InChI=1S/C18H16N4O3/c1-2-25-14(11-23)10-22(17-5-3-4-8-19-17)18(24)13-6-7-15-16(9-13)21-12-20-15/h3-9,12H,2,10H2,1H3,(H,20,21). The van der Waals surface area contributed by atoms with Crippen LogP contribution in [0.25, 0.3) is 11.0 Å². The molecule has 7 heteroatoms. The maximum Gasteiger partial charge on any atom is 0.259 e. The topological polar surface area (TPSA) is 88.2 Å². The van der Waals surface area contributed by atoms with Crippen molar-refractivity contribution in [1.29, 1.82) is 0 Å². The summed E-state index contributed by atoms with van der Waals surface area (Å²) in [6.45, 7) is 2.03. The maximum atomic E-state index is 13.0. The molecule has 0 unspecified atom stereocenters. The molecular formula is C18H16N4O3. The zero-order valence-electron chi connectivity index (χ0n) is 13.6. The van der Waals surface area contributed by atoms with Crippen LogP contribution in [0.2, 0.25) is 0 Å². The lowest BCUT2D eigenvalue weighted by molar-refractivity contribution is 0.0982. The van der Waals surface area contributed by atoms with Gasteiger partial charge in [0.1, 0.15) is 5.82 Å². The first kappa shape index (κ1) is 16.4. The summed E-state index contributed by atoms with van der Waals surface area (Å²) in [6, 6.07) is 10.4. The molecule has 3 aromatic rings. The first-order valence-corrected chi connectivity index (χ1v) is 7.75. The molecule has 7 nitrogen and oxygen atoms in total. The van der Waals surface area contributed by atoms with E-state index in [1.807, 2.05) is 0 Å². The smallest absolute Gasteiger partial charge is 0.259 e. The Bertz CT molecular complexity index is 930. The summed E-state index contributed by atoms with van der Waals surface area (Å²) in [4.78, 5) is 36.8. The van der Waals surface area contributed by atoms with Crippen LogP contribution in [0.1, 0.15) is 17.3 Å². The number of hydrogen-bond acceptors (Lipinski definition) is 5. The van der Waals surface area contributed by atoms with E-state index in [4.69, 9.17) is 4.74 Å². The fraction of sp³-hybridized carbons (Fsp3) is 0.167. The molecule has 0 aliphatic heterocycles. The van der Waals surface area contributed by atoms with Crippen LogP contribution >= 0.6 is 0 Å². The van der Waals surface area contributed by atoms with Gasteiger partial charge in [-0.2, -0.15) is 0 Å². The van der Waals surface area contributed by atoms with Gasteiger partial charge in [-0.25, -0.2) is 14.8 Å². The second-order valence-corrected chi connectivity index (χ2v) is 5.17. The molecule has 0 fully saturated rings. The van der Waals surface area contributed by atoms with Crippen molar-refractivity contribution >= 4 is 28.7 Å². The van der Waals surface area contributed by atoms with Gasteiger partial charge in [0.2, 0.25) is 0 Å². The molecule has 0 saturated heterocycles. The molecule has 0 aliphatic rings. The second-order valence-electron chi connectivity index (χ2n) is 5.17. The van der Waals surface area contributed by atoms with Crippen LogP contribution in [-0.2, 0) is 9.53 Å². The van der Waals surface area contributed by atoms with Crippen molar-refractivity contribution in [3.8, 4) is 0 Å². The molecule has 126 valence electrons. The Morgan fingerprint density at radius 3 is 2.88 bits per heavy atom. The average Bonchev–Trinajstić information content (AvgIpc) is 3.13. The SMILES string of the molecule is CCOC(=C=O)CN(C(=O)c1ccc2nc[nH]c2c1)c1ccccn1. The Kier molecular flexibility index (Phi) is 4.87. The normalized spacial score (nSPS) is 10.3. The predicted molar refractivity (Wildman–Crippen MR) is 92.8 cm³/mol. The number of ether oxygens (including phenoxy) is 1. The van der Waals surface area contributed by atoms with E-state index in [-0.39, 0.29) is 18.2 Å². The highest BCUT2D eigenvalue weighted by atomic mass is 16.5. The summed E-state index contributed by atoms with van der Waals surface area (Å²) in [5.74, 6) is 1.91. The fourth-order valence-electron chi connectivity index (χ4n) is 2.42. The van der Waals surface area contributed by atoms with Gasteiger partial charge >= 0.3 is 0 Å². The van der Waals surface area contributed by atoms with E-state index in [9.17, 15) is 9.59 Å². The molecule has 0 spiro atoms. The second kappa shape index (κ2) is 7.42. The van der Waals surface area contributed by atoms with Gasteiger partial charge in [-0.15, -0.1) is 0 Å². The van der Waals surface area contributed by atoms with Crippen molar-refractivity contribution in [2.24, 2.45) is 0 Å². The molecule has 1 aromatic carbocycles. The molecule has 0 aliphatic carbocycles. The summed E-state index contributed by atoms with van der Waals surface area (Å²) in [5, 5.41) is 0. The molecule has 25 heavy (non-hydrogen) atoms. The van der Waals surface area contributed by atoms with Crippen LogP contribution < -0.4 is 4.90 Å². The first-order valence-electron chi connectivity index (χ1n) is 7.75. The largest absolute Gasteiger partial charge is 0.485 e. The number of pyridine rings is 1. The quantitative estimate of drug-likeness (QED) is 0.551. The van der Waals surface area contributed by atoms with Crippen LogP contribution in [0.4, 0.5) is 5.82 Å². The Hall–Kier alpha value is -3.44. The monoisotopic (exact) mass is 336 g/mol. The number of fused-ring (bicyclic) bond motifs is 1. The summed E-state index contributed by atoms with van der Waals surface area (Å²) in [5.41, 5.74) is 1.97. The third-order valence-electron chi connectivity index (χ3n) is 3.57. The van der Waals surface area contributed by atoms with Crippen molar-refractivity contribution in [2.75, 3.05) is 18.1 Å². The van der Waals surface area contributed by atoms with Crippen LogP contribution in [-0.4, -0.2) is 40.0 Å². The molecule has 3 rings (SSSR count). The van der Waals surface area contributed by atoms with Gasteiger partial charge in [-0.1, -0.05) is 6.07 Å². The van der Waals surface area contributed by atoms with E-state index in [0.717, 1.165) is 11.0 Å². The molecule has 2 aromatic heterocycles. The van der Waals surface area contributed by atoms with Crippen molar-refractivity contribution in [3.63, 3.8) is 0 Å². The minimum Gasteiger partial charge on any atom is -0.485 e. The van der Waals surface area contributed by atoms with Crippen molar-refractivity contribution in [3.05, 3.63) is 60.2 Å². The highest BCUT2D eigenvalue weighted by Crippen LogP contribution is 2.18. The molecule has 0 radical (unpaired) electrons.